The zero-order valence-corrected chi connectivity index (χ0v) is 27.3. The van der Waals surface area contributed by atoms with Gasteiger partial charge in [-0.15, -0.1) is 0 Å². The molecular weight excluding hydrogens is 521 g/mol. The maximum atomic E-state index is 11.3. The molecular formula is C33H63NO5P+. The zero-order valence-electron chi connectivity index (χ0n) is 26.4. The van der Waals surface area contributed by atoms with E-state index in [2.05, 4.69) is 31.2 Å². The molecule has 0 spiro atoms. The molecule has 0 heterocycles. The van der Waals surface area contributed by atoms with E-state index in [1.165, 1.54) is 102 Å². The van der Waals surface area contributed by atoms with E-state index in [1.807, 2.05) is 27.2 Å². The fraction of sp³-hybridized carbons (Fsp3) is 0.818. The first-order valence-electron chi connectivity index (χ1n) is 16.2. The van der Waals surface area contributed by atoms with Crippen LogP contribution in [0.3, 0.4) is 0 Å². The molecule has 0 aliphatic rings. The Morgan fingerprint density at radius 2 is 1.20 bits per heavy atom. The van der Waals surface area contributed by atoms with E-state index in [-0.39, 0.29) is 18.6 Å². The zero-order chi connectivity index (χ0) is 29.5. The van der Waals surface area contributed by atoms with Crippen molar-refractivity contribution in [1.82, 2.24) is 0 Å². The third kappa shape index (κ3) is 21.9. The summed E-state index contributed by atoms with van der Waals surface area (Å²) >= 11 is 0. The van der Waals surface area contributed by atoms with Gasteiger partial charge >= 0.3 is 7.82 Å². The largest absolute Gasteiger partial charge is 0.469 e. The van der Waals surface area contributed by atoms with E-state index in [9.17, 15) is 14.4 Å². The normalized spacial score (nSPS) is 13.9. The molecule has 0 radical (unpaired) electrons. The summed E-state index contributed by atoms with van der Waals surface area (Å²) in [5, 5.41) is 0. The second kappa shape index (κ2) is 22.8. The van der Waals surface area contributed by atoms with Crippen LogP contribution in [0.2, 0.25) is 0 Å². The van der Waals surface area contributed by atoms with Crippen LogP contribution in [0.5, 0.6) is 0 Å². The van der Waals surface area contributed by atoms with Gasteiger partial charge in [0.15, 0.2) is 0 Å². The molecule has 0 saturated carbocycles. The fourth-order valence-corrected chi connectivity index (χ4v) is 5.70. The fourth-order valence-electron chi connectivity index (χ4n) is 5.34. The van der Waals surface area contributed by atoms with Crippen LogP contribution >= 0.6 is 7.82 Å². The summed E-state index contributed by atoms with van der Waals surface area (Å²) in [5.74, 6) is 0.256. The molecule has 0 aliphatic heterocycles. The van der Waals surface area contributed by atoms with E-state index in [0.717, 1.165) is 25.9 Å². The lowest BCUT2D eigenvalue weighted by Crippen LogP contribution is -2.49. The van der Waals surface area contributed by atoms with Gasteiger partial charge in [0, 0.05) is 19.6 Å². The number of hydrogen-bond donors (Lipinski definition) is 2. The number of nitrogens with zero attached hydrogens (tertiary/aromatic N) is 1. The molecule has 0 bridgehead atoms. The molecule has 2 N–H and O–H groups in total. The number of unbranched alkanes of at least 4 members (excludes halogenated alkanes) is 15. The van der Waals surface area contributed by atoms with Crippen LogP contribution in [-0.2, 0) is 20.2 Å². The van der Waals surface area contributed by atoms with Gasteiger partial charge in [-0.2, -0.15) is 0 Å². The Balaban J connectivity index is 2.22. The maximum Gasteiger partial charge on any atom is 0.469 e. The highest BCUT2D eigenvalue weighted by Crippen LogP contribution is 2.37. The first-order valence-corrected chi connectivity index (χ1v) is 17.8. The Morgan fingerprint density at radius 3 is 1.65 bits per heavy atom. The van der Waals surface area contributed by atoms with Gasteiger partial charge in [-0.3, -0.25) is 4.52 Å². The Hall–Kier alpha value is -0.750. The minimum absolute atomic E-state index is 0.0260. The average Bonchev–Trinajstić information content (AvgIpc) is 2.89. The monoisotopic (exact) mass is 584 g/mol. The van der Waals surface area contributed by atoms with Gasteiger partial charge in [0.05, 0.1) is 21.1 Å². The second-order valence-corrected chi connectivity index (χ2v) is 14.0. The highest BCUT2D eigenvalue weighted by Gasteiger charge is 2.30. The lowest BCUT2D eigenvalue weighted by molar-refractivity contribution is -0.897. The number of likely N-dealkylation sites (N-methyl/N-ethyl adjacent to an activating group) is 1. The molecule has 40 heavy (non-hydrogen) atoms. The number of benzene rings is 1. The molecule has 2 unspecified atom stereocenters. The van der Waals surface area contributed by atoms with Crippen molar-refractivity contribution in [3.63, 3.8) is 0 Å². The van der Waals surface area contributed by atoms with E-state index in [0.29, 0.717) is 11.1 Å². The number of ether oxygens (including phenoxy) is 1. The SMILES string of the molecule is CCCCCCCCCCCCCCCCCCOCC(Cc1ccccc1)CC(COP(=O)(O)O)[N+](C)(C)C. The van der Waals surface area contributed by atoms with Crippen molar-refractivity contribution < 1.29 is 28.1 Å². The second-order valence-electron chi connectivity index (χ2n) is 12.7. The van der Waals surface area contributed by atoms with E-state index in [1.54, 1.807) is 0 Å². The Bertz CT molecular complexity index is 749. The minimum Gasteiger partial charge on any atom is -0.381 e. The van der Waals surface area contributed by atoms with E-state index >= 15 is 0 Å². The number of quaternary nitrogens is 1. The highest BCUT2D eigenvalue weighted by atomic mass is 31.2. The minimum atomic E-state index is -4.50. The predicted molar refractivity (Wildman–Crippen MR) is 168 cm³/mol. The highest BCUT2D eigenvalue weighted by molar-refractivity contribution is 7.46. The standard InChI is InChI=1S/C33H62NO5P/c1-5-6-7-8-9-10-11-12-13-14-15-16-17-18-19-23-26-38-29-32(27-31-24-21-20-22-25-31)28-33(34(2,3)4)30-39-40(35,36)37/h20-22,24-25,32-33H,5-19,23,26-30H2,1-4H3,(H-,35,36,37)/p+1. The van der Waals surface area contributed by atoms with Crippen LogP contribution in [-0.4, -0.2) is 61.3 Å². The van der Waals surface area contributed by atoms with Crippen molar-refractivity contribution in [2.24, 2.45) is 5.92 Å². The van der Waals surface area contributed by atoms with Gasteiger partial charge in [0.25, 0.3) is 0 Å². The molecule has 234 valence electrons. The number of phosphoric acid groups is 1. The van der Waals surface area contributed by atoms with Crippen LogP contribution in [0.15, 0.2) is 30.3 Å². The molecule has 1 rings (SSSR count). The van der Waals surface area contributed by atoms with Crippen molar-refractivity contribution in [3.8, 4) is 0 Å². The molecule has 1 aromatic carbocycles. The Morgan fingerprint density at radius 1 is 0.725 bits per heavy atom. The molecule has 1 aromatic rings. The lowest BCUT2D eigenvalue weighted by atomic mass is 9.92. The van der Waals surface area contributed by atoms with Crippen molar-refractivity contribution in [3.05, 3.63) is 35.9 Å². The summed E-state index contributed by atoms with van der Waals surface area (Å²) < 4.78 is 23.0. The predicted octanol–water partition coefficient (Wildman–Crippen LogP) is 8.70. The number of hydrogen-bond acceptors (Lipinski definition) is 3. The van der Waals surface area contributed by atoms with Crippen LogP contribution < -0.4 is 0 Å². The quantitative estimate of drug-likeness (QED) is 0.0614. The van der Waals surface area contributed by atoms with Crippen molar-refractivity contribution in [2.75, 3.05) is 41.0 Å². The van der Waals surface area contributed by atoms with Crippen LogP contribution in [0.4, 0.5) is 0 Å². The average molecular weight is 585 g/mol. The van der Waals surface area contributed by atoms with Crippen molar-refractivity contribution >= 4 is 7.82 Å². The molecule has 0 fully saturated rings. The van der Waals surface area contributed by atoms with Gasteiger partial charge < -0.3 is 19.0 Å². The molecule has 7 heteroatoms. The van der Waals surface area contributed by atoms with Gasteiger partial charge in [-0.25, -0.2) is 4.57 Å². The van der Waals surface area contributed by atoms with Gasteiger partial charge in [-0.1, -0.05) is 134 Å². The maximum absolute atomic E-state index is 11.3. The molecule has 0 amide bonds. The lowest BCUT2D eigenvalue weighted by Gasteiger charge is -2.36. The summed E-state index contributed by atoms with van der Waals surface area (Å²) in [4.78, 5) is 18.5. The molecule has 0 saturated heterocycles. The molecule has 0 aliphatic carbocycles. The van der Waals surface area contributed by atoms with Gasteiger partial charge in [-0.05, 0) is 24.3 Å². The summed E-state index contributed by atoms with van der Waals surface area (Å²) in [6, 6.07) is 10.4. The Kier molecular flexibility index (Phi) is 21.2. The van der Waals surface area contributed by atoms with Gasteiger partial charge in [0.1, 0.15) is 12.6 Å². The molecule has 2 atom stereocenters. The smallest absolute Gasteiger partial charge is 0.381 e. The summed E-state index contributed by atoms with van der Waals surface area (Å²) in [7, 11) is 1.64. The first kappa shape index (κ1) is 37.3. The van der Waals surface area contributed by atoms with Gasteiger partial charge in [0.2, 0.25) is 0 Å². The van der Waals surface area contributed by atoms with Crippen LogP contribution in [0, 0.1) is 5.92 Å². The van der Waals surface area contributed by atoms with E-state index in [4.69, 9.17) is 9.26 Å². The third-order valence-corrected chi connectivity index (χ3v) is 8.48. The van der Waals surface area contributed by atoms with Crippen molar-refractivity contribution in [2.45, 2.75) is 129 Å². The first-order chi connectivity index (χ1) is 19.1. The van der Waals surface area contributed by atoms with E-state index < -0.39 is 7.82 Å². The van der Waals surface area contributed by atoms with Crippen LogP contribution in [0.25, 0.3) is 0 Å². The third-order valence-electron chi connectivity index (χ3n) is 8.00. The molecule has 0 aromatic heterocycles. The molecule has 6 nitrogen and oxygen atoms in total. The topological polar surface area (TPSA) is 76.0 Å². The van der Waals surface area contributed by atoms with Crippen molar-refractivity contribution in [1.29, 1.82) is 0 Å². The summed E-state index contributed by atoms with van der Waals surface area (Å²) in [5.41, 5.74) is 1.26. The number of rotatable bonds is 27. The summed E-state index contributed by atoms with van der Waals surface area (Å²) in [6.07, 6.45) is 23.5. The number of phosphoric ester groups is 1. The summed E-state index contributed by atoms with van der Waals surface area (Å²) in [6.45, 7) is 3.74. The Labute approximate surface area is 247 Å². The van der Waals surface area contributed by atoms with Crippen LogP contribution in [0.1, 0.15) is 122 Å².